The molecule has 3 nitrogen and oxygen atoms in total. The second kappa shape index (κ2) is 5.75. The number of hydrogen-bond donors (Lipinski definition) is 1. The van der Waals surface area contributed by atoms with Gasteiger partial charge < -0.3 is 4.74 Å². The molecule has 0 aliphatic rings. The summed E-state index contributed by atoms with van der Waals surface area (Å²) in [6.45, 7) is 4.33. The van der Waals surface area contributed by atoms with Crippen molar-refractivity contribution in [3.8, 4) is 0 Å². The summed E-state index contributed by atoms with van der Waals surface area (Å²) < 4.78 is 5.85. The summed E-state index contributed by atoms with van der Waals surface area (Å²) in [7, 11) is 0. The van der Waals surface area contributed by atoms with Crippen LogP contribution in [0.3, 0.4) is 0 Å². The zero-order valence-corrected chi connectivity index (χ0v) is 10.4. The first kappa shape index (κ1) is 12.0. The van der Waals surface area contributed by atoms with E-state index >= 15 is 0 Å². The van der Waals surface area contributed by atoms with Crippen LogP contribution in [0.1, 0.15) is 18.9 Å². The van der Waals surface area contributed by atoms with Crippen molar-refractivity contribution in [3.63, 3.8) is 0 Å². The van der Waals surface area contributed by atoms with Crippen molar-refractivity contribution in [3.05, 3.63) is 28.2 Å². The number of benzene rings is 1. The summed E-state index contributed by atoms with van der Waals surface area (Å²) in [6, 6.07) is 5.71. The molecule has 1 amide bonds. The van der Waals surface area contributed by atoms with Crippen LogP contribution in [-0.2, 0) is 4.74 Å². The Hall–Kier alpha value is -1.03. The van der Waals surface area contributed by atoms with Crippen molar-refractivity contribution in [2.45, 2.75) is 20.3 Å². The van der Waals surface area contributed by atoms with Crippen molar-refractivity contribution in [2.24, 2.45) is 0 Å². The largest absolute Gasteiger partial charge is 0.449 e. The predicted molar refractivity (Wildman–Crippen MR) is 64.1 cm³/mol. The molecular weight excluding hydrogens is 258 g/mol. The zero-order chi connectivity index (χ0) is 11.3. The van der Waals surface area contributed by atoms with Gasteiger partial charge in [0.15, 0.2) is 0 Å². The van der Waals surface area contributed by atoms with Gasteiger partial charge in [0.05, 0.1) is 6.61 Å². The number of carbonyl (C=O) groups is 1. The van der Waals surface area contributed by atoms with Crippen LogP contribution in [0.5, 0.6) is 0 Å². The lowest BCUT2D eigenvalue weighted by atomic mass is 10.2. The number of nitrogens with one attached hydrogen (secondary N) is 1. The molecule has 0 heterocycles. The van der Waals surface area contributed by atoms with Gasteiger partial charge in [0.25, 0.3) is 0 Å². The van der Waals surface area contributed by atoms with E-state index in [0.717, 1.165) is 22.1 Å². The molecule has 4 heteroatoms. The van der Waals surface area contributed by atoms with Crippen molar-refractivity contribution in [1.29, 1.82) is 0 Å². The molecule has 82 valence electrons. The average molecular weight is 272 g/mol. The van der Waals surface area contributed by atoms with Gasteiger partial charge in [-0.15, -0.1) is 0 Å². The summed E-state index contributed by atoms with van der Waals surface area (Å²) in [5, 5.41) is 2.69. The van der Waals surface area contributed by atoms with E-state index in [1.807, 2.05) is 32.0 Å². The lowest BCUT2D eigenvalue weighted by Crippen LogP contribution is -2.14. The van der Waals surface area contributed by atoms with E-state index in [4.69, 9.17) is 4.74 Å². The van der Waals surface area contributed by atoms with Crippen molar-refractivity contribution >= 4 is 27.7 Å². The number of anilines is 1. The minimum absolute atomic E-state index is 0.405. The molecule has 15 heavy (non-hydrogen) atoms. The second-order valence-corrected chi connectivity index (χ2v) is 4.14. The van der Waals surface area contributed by atoms with Crippen LogP contribution in [0.4, 0.5) is 10.5 Å². The molecule has 1 rings (SSSR count). The minimum Gasteiger partial charge on any atom is -0.449 e. The standard InChI is InChI=1S/C11H14BrNO2/c1-3-6-15-11(14)13-10-7-9(12)5-4-8(10)2/h4-5,7H,3,6H2,1-2H3,(H,13,14). The summed E-state index contributed by atoms with van der Waals surface area (Å²) in [5.41, 5.74) is 1.78. The monoisotopic (exact) mass is 271 g/mol. The Morgan fingerprint density at radius 1 is 1.53 bits per heavy atom. The van der Waals surface area contributed by atoms with Gasteiger partial charge in [-0.25, -0.2) is 4.79 Å². The maximum atomic E-state index is 11.3. The Bertz CT molecular complexity index is 352. The molecule has 1 aromatic rings. The first-order valence-electron chi connectivity index (χ1n) is 4.83. The molecule has 0 unspecified atom stereocenters. The lowest BCUT2D eigenvalue weighted by molar-refractivity contribution is 0.161. The minimum atomic E-state index is -0.405. The number of halogens is 1. The fourth-order valence-corrected chi connectivity index (χ4v) is 1.43. The maximum Gasteiger partial charge on any atom is 0.411 e. The molecule has 0 aliphatic heterocycles. The lowest BCUT2D eigenvalue weighted by Gasteiger charge is -2.08. The highest BCUT2D eigenvalue weighted by molar-refractivity contribution is 9.10. The molecular formula is C11H14BrNO2. The molecule has 0 aromatic heterocycles. The van der Waals surface area contributed by atoms with Crippen LogP contribution in [0, 0.1) is 6.92 Å². The SMILES string of the molecule is CCCOC(=O)Nc1cc(Br)ccc1C. The predicted octanol–water partition coefficient (Wildman–Crippen LogP) is 3.72. The summed E-state index contributed by atoms with van der Waals surface area (Å²) >= 11 is 3.35. The van der Waals surface area contributed by atoms with E-state index in [2.05, 4.69) is 21.2 Å². The van der Waals surface area contributed by atoms with Gasteiger partial charge in [-0.3, -0.25) is 5.32 Å². The zero-order valence-electron chi connectivity index (χ0n) is 8.84. The highest BCUT2D eigenvalue weighted by atomic mass is 79.9. The molecule has 0 aliphatic carbocycles. The highest BCUT2D eigenvalue weighted by Crippen LogP contribution is 2.20. The smallest absolute Gasteiger partial charge is 0.411 e. The fourth-order valence-electron chi connectivity index (χ4n) is 1.07. The normalized spacial score (nSPS) is 9.80. The van der Waals surface area contributed by atoms with Gasteiger partial charge in [-0.1, -0.05) is 28.9 Å². The van der Waals surface area contributed by atoms with Crippen LogP contribution in [0.25, 0.3) is 0 Å². The van der Waals surface area contributed by atoms with E-state index in [0.29, 0.717) is 6.61 Å². The third-order valence-corrected chi connectivity index (χ3v) is 2.37. The average Bonchev–Trinajstić information content (AvgIpc) is 2.20. The molecule has 0 saturated heterocycles. The Morgan fingerprint density at radius 3 is 2.93 bits per heavy atom. The van der Waals surface area contributed by atoms with Gasteiger partial charge in [-0.2, -0.15) is 0 Å². The highest BCUT2D eigenvalue weighted by Gasteiger charge is 2.05. The molecule has 0 fully saturated rings. The summed E-state index contributed by atoms with van der Waals surface area (Å²) in [5.74, 6) is 0. The molecule has 1 N–H and O–H groups in total. The number of hydrogen-bond acceptors (Lipinski definition) is 2. The Kier molecular flexibility index (Phi) is 4.62. The molecule has 0 radical (unpaired) electrons. The molecule has 0 bridgehead atoms. The molecule has 1 aromatic carbocycles. The number of amides is 1. The van der Waals surface area contributed by atoms with Crippen molar-refractivity contribution in [1.82, 2.24) is 0 Å². The number of rotatable bonds is 3. The Morgan fingerprint density at radius 2 is 2.27 bits per heavy atom. The van der Waals surface area contributed by atoms with Crippen molar-refractivity contribution in [2.75, 3.05) is 11.9 Å². The van der Waals surface area contributed by atoms with Crippen molar-refractivity contribution < 1.29 is 9.53 Å². The van der Waals surface area contributed by atoms with Crippen LogP contribution in [-0.4, -0.2) is 12.7 Å². The Balaban J connectivity index is 2.63. The van der Waals surface area contributed by atoms with E-state index in [1.165, 1.54) is 0 Å². The van der Waals surface area contributed by atoms with Gasteiger partial charge in [0, 0.05) is 10.2 Å². The van der Waals surface area contributed by atoms with E-state index in [-0.39, 0.29) is 0 Å². The molecule has 0 saturated carbocycles. The molecule has 0 atom stereocenters. The van der Waals surface area contributed by atoms with Crippen LogP contribution in [0.15, 0.2) is 22.7 Å². The van der Waals surface area contributed by atoms with Gasteiger partial charge >= 0.3 is 6.09 Å². The Labute approximate surface area is 97.9 Å². The van der Waals surface area contributed by atoms with Gasteiger partial charge in [-0.05, 0) is 31.0 Å². The van der Waals surface area contributed by atoms with Crippen LogP contribution in [0.2, 0.25) is 0 Å². The summed E-state index contributed by atoms with van der Waals surface area (Å²) in [6.07, 6.45) is 0.420. The second-order valence-electron chi connectivity index (χ2n) is 3.22. The first-order valence-corrected chi connectivity index (χ1v) is 5.62. The van der Waals surface area contributed by atoms with E-state index in [1.54, 1.807) is 0 Å². The fraction of sp³-hybridized carbons (Fsp3) is 0.364. The van der Waals surface area contributed by atoms with Gasteiger partial charge in [0.1, 0.15) is 0 Å². The van der Waals surface area contributed by atoms with Crippen LogP contribution < -0.4 is 5.32 Å². The third-order valence-electron chi connectivity index (χ3n) is 1.87. The quantitative estimate of drug-likeness (QED) is 0.910. The molecule has 0 spiro atoms. The number of carbonyl (C=O) groups excluding carboxylic acids is 1. The van der Waals surface area contributed by atoms with E-state index in [9.17, 15) is 4.79 Å². The first-order chi connectivity index (χ1) is 7.13. The van der Waals surface area contributed by atoms with Crippen LogP contribution >= 0.6 is 15.9 Å². The maximum absolute atomic E-state index is 11.3. The summed E-state index contributed by atoms with van der Waals surface area (Å²) in [4.78, 5) is 11.3. The number of aryl methyl sites for hydroxylation is 1. The van der Waals surface area contributed by atoms with Gasteiger partial charge in [0.2, 0.25) is 0 Å². The van der Waals surface area contributed by atoms with E-state index < -0.39 is 6.09 Å². The third kappa shape index (κ3) is 3.91. The topological polar surface area (TPSA) is 38.3 Å². The number of ether oxygens (including phenoxy) is 1.